The van der Waals surface area contributed by atoms with Crippen molar-refractivity contribution in [3.8, 4) is 11.1 Å². The predicted molar refractivity (Wildman–Crippen MR) is 120 cm³/mol. The lowest BCUT2D eigenvalue weighted by atomic mass is 9.89. The Morgan fingerprint density at radius 2 is 1.83 bits per heavy atom. The quantitative estimate of drug-likeness (QED) is 0.530. The molecule has 3 aromatic rings. The molecule has 30 heavy (non-hydrogen) atoms. The average molecular weight is 408 g/mol. The molecule has 0 atom stereocenters. The van der Waals surface area contributed by atoms with Crippen molar-refractivity contribution in [2.45, 2.75) is 38.6 Å². The Bertz CT molecular complexity index is 991. The Morgan fingerprint density at radius 1 is 1.00 bits per heavy atom. The molecule has 1 amide bonds. The van der Waals surface area contributed by atoms with Crippen LogP contribution in [0.25, 0.3) is 22.0 Å². The van der Waals surface area contributed by atoms with Crippen LogP contribution in [0.1, 0.15) is 32.1 Å². The van der Waals surface area contributed by atoms with Crippen molar-refractivity contribution in [2.75, 3.05) is 19.6 Å². The van der Waals surface area contributed by atoms with Crippen LogP contribution in [0.4, 0.5) is 4.39 Å². The fourth-order valence-corrected chi connectivity index (χ4v) is 4.37. The van der Waals surface area contributed by atoms with Crippen molar-refractivity contribution in [1.82, 2.24) is 15.2 Å². The highest BCUT2D eigenvalue weighted by Crippen LogP contribution is 2.26. The number of nitrogens with zero attached hydrogens (tertiary/aromatic N) is 1. The Balaban J connectivity index is 1.30. The van der Waals surface area contributed by atoms with Gasteiger partial charge in [-0.25, -0.2) is 4.39 Å². The normalized spacial score (nSPS) is 14.8. The summed E-state index contributed by atoms with van der Waals surface area (Å²) in [5.41, 5.74) is 2.75. The topological polar surface area (TPSA) is 46.1 Å². The van der Waals surface area contributed by atoms with Crippen molar-refractivity contribution in [3.63, 3.8) is 0 Å². The van der Waals surface area contributed by atoms with Gasteiger partial charge in [-0.3, -0.25) is 4.79 Å². The summed E-state index contributed by atoms with van der Waals surface area (Å²) >= 11 is 0. The van der Waals surface area contributed by atoms with E-state index in [9.17, 15) is 9.18 Å². The van der Waals surface area contributed by atoms with Gasteiger partial charge in [0.05, 0.1) is 0 Å². The third-order valence-corrected chi connectivity index (χ3v) is 6.03. The summed E-state index contributed by atoms with van der Waals surface area (Å²) in [5.74, 6) is 0.551. The first-order chi connectivity index (χ1) is 14.7. The highest BCUT2D eigenvalue weighted by atomic mass is 19.1. The van der Waals surface area contributed by atoms with E-state index in [4.69, 9.17) is 0 Å². The molecular formula is C25H30FN3O. The zero-order valence-corrected chi connectivity index (χ0v) is 17.4. The van der Waals surface area contributed by atoms with Gasteiger partial charge in [-0.1, -0.05) is 43.5 Å². The molecule has 1 fully saturated rings. The number of halogens is 1. The number of fused-ring (bicyclic) bond motifs is 1. The number of rotatable bonds is 8. The molecular weight excluding hydrogens is 377 g/mol. The van der Waals surface area contributed by atoms with E-state index in [1.807, 2.05) is 41.1 Å². The Hall–Kier alpha value is -2.66. The van der Waals surface area contributed by atoms with Gasteiger partial charge in [-0.05, 0) is 66.1 Å². The third kappa shape index (κ3) is 5.28. The first-order valence-corrected chi connectivity index (χ1v) is 11.0. The molecule has 0 radical (unpaired) electrons. The second-order valence-electron chi connectivity index (χ2n) is 8.29. The fraction of sp³-hybridized carbons (Fsp3) is 0.400. The minimum atomic E-state index is -0.251. The number of aromatic nitrogens is 1. The molecule has 158 valence electrons. The van der Waals surface area contributed by atoms with Gasteiger partial charge in [-0.2, -0.15) is 0 Å². The van der Waals surface area contributed by atoms with Gasteiger partial charge in [0.1, 0.15) is 12.4 Å². The lowest BCUT2D eigenvalue weighted by molar-refractivity contribution is -0.121. The number of hydrogen-bond acceptors (Lipinski definition) is 2. The van der Waals surface area contributed by atoms with E-state index in [0.717, 1.165) is 41.0 Å². The lowest BCUT2D eigenvalue weighted by Crippen LogP contribution is -2.35. The summed E-state index contributed by atoms with van der Waals surface area (Å²) in [7, 11) is 0. The molecule has 1 heterocycles. The van der Waals surface area contributed by atoms with Gasteiger partial charge in [0.2, 0.25) is 5.91 Å². The molecule has 0 aliphatic heterocycles. The summed E-state index contributed by atoms with van der Waals surface area (Å²) in [6.07, 6.45) is 8.68. The van der Waals surface area contributed by atoms with Gasteiger partial charge in [0.25, 0.3) is 0 Å². The van der Waals surface area contributed by atoms with Crippen LogP contribution in [-0.2, 0) is 11.3 Å². The molecule has 2 aromatic carbocycles. The molecule has 1 saturated carbocycles. The Kier molecular flexibility index (Phi) is 6.80. The predicted octanol–water partition coefficient (Wildman–Crippen LogP) is 4.73. The number of hydrogen-bond donors (Lipinski definition) is 2. The van der Waals surface area contributed by atoms with Gasteiger partial charge in [0, 0.05) is 24.8 Å². The van der Waals surface area contributed by atoms with Crippen LogP contribution in [0.5, 0.6) is 0 Å². The molecule has 2 N–H and O–H groups in total. The second-order valence-corrected chi connectivity index (χ2v) is 8.29. The van der Waals surface area contributed by atoms with E-state index in [1.54, 1.807) is 6.07 Å². The van der Waals surface area contributed by atoms with Crippen molar-refractivity contribution in [2.24, 2.45) is 5.92 Å². The maximum absolute atomic E-state index is 13.6. The maximum atomic E-state index is 13.6. The van der Waals surface area contributed by atoms with Gasteiger partial charge < -0.3 is 15.2 Å². The summed E-state index contributed by atoms with van der Waals surface area (Å²) in [6, 6.07) is 14.6. The van der Waals surface area contributed by atoms with Gasteiger partial charge >= 0.3 is 0 Å². The highest BCUT2D eigenvalue weighted by Gasteiger charge is 2.12. The SMILES string of the molecule is O=C(Cn1ccc2ccc(-c3cccc(F)c3)cc21)NCCNCC1CCCCC1. The summed E-state index contributed by atoms with van der Waals surface area (Å²) in [5, 5.41) is 7.55. The molecule has 0 saturated heterocycles. The monoisotopic (exact) mass is 407 g/mol. The number of benzene rings is 2. The van der Waals surface area contributed by atoms with Crippen molar-refractivity contribution in [3.05, 3.63) is 60.5 Å². The van der Waals surface area contributed by atoms with Crippen LogP contribution in [0.3, 0.4) is 0 Å². The van der Waals surface area contributed by atoms with Crippen molar-refractivity contribution >= 4 is 16.8 Å². The number of carbonyl (C=O) groups is 1. The third-order valence-electron chi connectivity index (χ3n) is 6.03. The minimum absolute atomic E-state index is 0.00289. The molecule has 1 aliphatic rings. The highest BCUT2D eigenvalue weighted by molar-refractivity contribution is 5.87. The van der Waals surface area contributed by atoms with Gasteiger partial charge in [-0.15, -0.1) is 0 Å². The molecule has 1 aliphatic carbocycles. The molecule has 4 rings (SSSR count). The first-order valence-electron chi connectivity index (χ1n) is 11.0. The zero-order chi connectivity index (χ0) is 20.8. The number of amides is 1. The van der Waals surface area contributed by atoms with Gasteiger partial charge in [0.15, 0.2) is 0 Å². The van der Waals surface area contributed by atoms with Crippen LogP contribution in [0.15, 0.2) is 54.7 Å². The lowest BCUT2D eigenvalue weighted by Gasteiger charge is -2.21. The first kappa shape index (κ1) is 20.6. The van der Waals surface area contributed by atoms with Crippen LogP contribution in [-0.4, -0.2) is 30.1 Å². The molecule has 0 unspecified atom stereocenters. The molecule has 5 heteroatoms. The fourth-order valence-electron chi connectivity index (χ4n) is 4.37. The van der Waals surface area contributed by atoms with E-state index in [2.05, 4.69) is 10.6 Å². The van der Waals surface area contributed by atoms with Crippen LogP contribution in [0.2, 0.25) is 0 Å². The van der Waals surface area contributed by atoms with E-state index in [1.165, 1.54) is 44.2 Å². The second kappa shape index (κ2) is 9.90. The Labute approximate surface area is 177 Å². The van der Waals surface area contributed by atoms with Crippen LogP contribution < -0.4 is 10.6 Å². The minimum Gasteiger partial charge on any atom is -0.353 e. The average Bonchev–Trinajstić information content (AvgIpc) is 3.16. The summed E-state index contributed by atoms with van der Waals surface area (Å²) in [4.78, 5) is 12.4. The Morgan fingerprint density at radius 3 is 2.67 bits per heavy atom. The van der Waals surface area contributed by atoms with E-state index in [-0.39, 0.29) is 18.3 Å². The molecule has 1 aromatic heterocycles. The standard InChI is InChI=1S/C25H30FN3O/c26-23-8-4-7-21(15-23)22-10-9-20-11-14-29(24(20)16-22)18-25(30)28-13-12-27-17-19-5-2-1-3-6-19/h4,7-11,14-16,19,27H,1-3,5-6,12-13,17-18H2,(H,28,30). The van der Waals surface area contributed by atoms with E-state index < -0.39 is 0 Å². The van der Waals surface area contributed by atoms with Crippen molar-refractivity contribution < 1.29 is 9.18 Å². The van der Waals surface area contributed by atoms with Crippen LogP contribution >= 0.6 is 0 Å². The maximum Gasteiger partial charge on any atom is 0.239 e. The zero-order valence-electron chi connectivity index (χ0n) is 17.4. The summed E-state index contributed by atoms with van der Waals surface area (Å²) in [6.45, 7) is 2.78. The molecule has 0 bridgehead atoms. The van der Waals surface area contributed by atoms with E-state index >= 15 is 0 Å². The summed E-state index contributed by atoms with van der Waals surface area (Å²) < 4.78 is 15.5. The van der Waals surface area contributed by atoms with Crippen LogP contribution in [0, 0.1) is 11.7 Å². The number of nitrogens with one attached hydrogen (secondary N) is 2. The van der Waals surface area contributed by atoms with E-state index in [0.29, 0.717) is 6.54 Å². The smallest absolute Gasteiger partial charge is 0.239 e. The molecule has 0 spiro atoms. The number of carbonyl (C=O) groups excluding carboxylic acids is 1. The largest absolute Gasteiger partial charge is 0.353 e. The molecule has 4 nitrogen and oxygen atoms in total. The van der Waals surface area contributed by atoms with Crippen molar-refractivity contribution in [1.29, 1.82) is 0 Å².